The molecule has 1 heterocycles. The van der Waals surface area contributed by atoms with Crippen LogP contribution in [0.15, 0.2) is 54.6 Å². The number of benzene rings is 2. The molecule has 1 amide bonds. The second kappa shape index (κ2) is 8.27. The Balaban J connectivity index is 2.15. The average Bonchev–Trinajstić information content (AvgIpc) is 3.14. The van der Waals surface area contributed by atoms with Crippen molar-refractivity contribution in [2.45, 2.75) is 13.8 Å². The van der Waals surface area contributed by atoms with Crippen molar-refractivity contribution >= 4 is 17.5 Å². The van der Waals surface area contributed by atoms with Crippen LogP contribution in [0.25, 0.3) is 16.9 Å². The molecule has 5 nitrogen and oxygen atoms in total. The second-order valence-corrected chi connectivity index (χ2v) is 6.45. The number of nitrogens with zero attached hydrogens (tertiary/aromatic N) is 3. The molecule has 0 atom stereocenters. The summed E-state index contributed by atoms with van der Waals surface area (Å²) in [5, 5.41) is 5.28. The summed E-state index contributed by atoms with van der Waals surface area (Å²) in [5.74, 6) is 0.669. The highest BCUT2D eigenvalue weighted by Crippen LogP contribution is 2.26. The number of hydrogen-bond donors (Lipinski definition) is 0. The summed E-state index contributed by atoms with van der Waals surface area (Å²) >= 11 is 6.15. The molecule has 0 aliphatic rings. The van der Waals surface area contributed by atoms with Crippen LogP contribution in [0.2, 0.25) is 5.02 Å². The molecule has 0 spiro atoms. The first kappa shape index (κ1) is 19.0. The lowest BCUT2D eigenvalue weighted by atomic mass is 10.1. The van der Waals surface area contributed by atoms with Gasteiger partial charge in [-0.25, -0.2) is 4.68 Å². The quantitative estimate of drug-likeness (QED) is 0.620. The van der Waals surface area contributed by atoms with Gasteiger partial charge in [-0.15, -0.1) is 0 Å². The van der Waals surface area contributed by atoms with E-state index in [0.717, 1.165) is 17.0 Å². The summed E-state index contributed by atoms with van der Waals surface area (Å²) in [6.45, 7) is 5.18. The first-order chi connectivity index (χ1) is 13.1. The van der Waals surface area contributed by atoms with Crippen molar-refractivity contribution < 1.29 is 9.53 Å². The summed E-state index contributed by atoms with van der Waals surface area (Å²) in [7, 11) is 1.62. The highest BCUT2D eigenvalue weighted by molar-refractivity contribution is 6.30. The van der Waals surface area contributed by atoms with Gasteiger partial charge in [0.2, 0.25) is 0 Å². The topological polar surface area (TPSA) is 47.4 Å². The molecule has 0 aliphatic heterocycles. The Morgan fingerprint density at radius 2 is 1.85 bits per heavy atom. The van der Waals surface area contributed by atoms with E-state index in [1.54, 1.807) is 28.8 Å². The van der Waals surface area contributed by atoms with E-state index in [1.165, 1.54) is 0 Å². The van der Waals surface area contributed by atoms with E-state index in [2.05, 4.69) is 0 Å². The fourth-order valence-electron chi connectivity index (χ4n) is 2.93. The fourth-order valence-corrected chi connectivity index (χ4v) is 3.12. The zero-order chi connectivity index (χ0) is 19.4. The van der Waals surface area contributed by atoms with E-state index in [-0.39, 0.29) is 5.91 Å². The number of ether oxygens (including phenoxy) is 1. The normalized spacial score (nSPS) is 10.7. The molecule has 0 unspecified atom stereocenters. The van der Waals surface area contributed by atoms with Gasteiger partial charge in [0, 0.05) is 23.7 Å². The van der Waals surface area contributed by atoms with Crippen LogP contribution < -0.4 is 4.74 Å². The molecule has 6 heteroatoms. The molecule has 3 rings (SSSR count). The molecular weight excluding hydrogens is 362 g/mol. The third-order valence-corrected chi connectivity index (χ3v) is 4.63. The van der Waals surface area contributed by atoms with Gasteiger partial charge in [-0.2, -0.15) is 5.10 Å². The van der Waals surface area contributed by atoms with E-state index < -0.39 is 0 Å². The smallest absolute Gasteiger partial charge is 0.272 e. The van der Waals surface area contributed by atoms with Crippen LogP contribution in [0.3, 0.4) is 0 Å². The largest absolute Gasteiger partial charge is 0.497 e. The van der Waals surface area contributed by atoms with Crippen molar-refractivity contribution in [2.24, 2.45) is 0 Å². The molecule has 3 aromatic rings. The van der Waals surface area contributed by atoms with Gasteiger partial charge in [-0.05, 0) is 50.2 Å². The maximum Gasteiger partial charge on any atom is 0.272 e. The van der Waals surface area contributed by atoms with Crippen LogP contribution in [0.5, 0.6) is 5.75 Å². The minimum atomic E-state index is -0.0679. The third-order valence-electron chi connectivity index (χ3n) is 4.40. The first-order valence-electron chi connectivity index (χ1n) is 8.87. The number of rotatable bonds is 6. The first-order valence-corrected chi connectivity index (χ1v) is 9.24. The van der Waals surface area contributed by atoms with Gasteiger partial charge in [0.25, 0.3) is 5.91 Å². The van der Waals surface area contributed by atoms with E-state index in [9.17, 15) is 4.79 Å². The Kier molecular flexibility index (Phi) is 5.81. The lowest BCUT2D eigenvalue weighted by Crippen LogP contribution is -2.32. The van der Waals surface area contributed by atoms with Gasteiger partial charge in [-0.3, -0.25) is 4.79 Å². The summed E-state index contributed by atoms with van der Waals surface area (Å²) in [5.41, 5.74) is 2.82. The van der Waals surface area contributed by atoms with Crippen molar-refractivity contribution in [3.8, 4) is 22.7 Å². The fraction of sp³-hybridized carbons (Fsp3) is 0.238. The number of carbonyl (C=O) groups excluding carboxylic acids is 1. The second-order valence-electron chi connectivity index (χ2n) is 6.02. The number of hydrogen-bond acceptors (Lipinski definition) is 3. The van der Waals surface area contributed by atoms with Crippen LogP contribution in [0, 0.1) is 0 Å². The summed E-state index contributed by atoms with van der Waals surface area (Å²) < 4.78 is 6.96. The van der Waals surface area contributed by atoms with Gasteiger partial charge in [-0.1, -0.05) is 29.8 Å². The van der Waals surface area contributed by atoms with E-state index in [4.69, 9.17) is 21.4 Å². The van der Waals surface area contributed by atoms with Crippen LogP contribution in [0.1, 0.15) is 24.3 Å². The number of halogens is 1. The van der Waals surface area contributed by atoms with Crippen LogP contribution in [-0.4, -0.2) is 40.8 Å². The lowest BCUT2D eigenvalue weighted by molar-refractivity contribution is 0.0764. The van der Waals surface area contributed by atoms with E-state index >= 15 is 0 Å². The standard InChI is InChI=1S/C21H22ClN3O2/c1-4-24(5-2)21(26)20-14-19(15-8-6-11-18(12-15)27-3)23-25(20)17-10-7-9-16(22)13-17/h6-14H,4-5H2,1-3H3. The van der Waals surface area contributed by atoms with Gasteiger partial charge >= 0.3 is 0 Å². The molecule has 0 saturated heterocycles. The van der Waals surface area contributed by atoms with Gasteiger partial charge in [0.1, 0.15) is 11.4 Å². The van der Waals surface area contributed by atoms with Crippen LogP contribution in [0.4, 0.5) is 0 Å². The molecule has 140 valence electrons. The van der Waals surface area contributed by atoms with Gasteiger partial charge < -0.3 is 9.64 Å². The Labute approximate surface area is 164 Å². The molecular formula is C21H22ClN3O2. The van der Waals surface area contributed by atoms with Crippen LogP contribution in [-0.2, 0) is 0 Å². The molecule has 1 aromatic heterocycles. The van der Waals surface area contributed by atoms with Crippen molar-refractivity contribution in [1.29, 1.82) is 0 Å². The molecule has 0 aliphatic carbocycles. The molecule has 0 radical (unpaired) electrons. The highest BCUT2D eigenvalue weighted by atomic mass is 35.5. The molecule has 27 heavy (non-hydrogen) atoms. The van der Waals surface area contributed by atoms with Crippen molar-refractivity contribution in [2.75, 3.05) is 20.2 Å². The molecule has 0 bridgehead atoms. The summed E-state index contributed by atoms with van der Waals surface area (Å²) in [4.78, 5) is 14.8. The Bertz CT molecular complexity index is 948. The maximum atomic E-state index is 13.1. The number of amides is 1. The summed E-state index contributed by atoms with van der Waals surface area (Å²) in [6.07, 6.45) is 0. The third kappa shape index (κ3) is 3.98. The van der Waals surface area contributed by atoms with Crippen molar-refractivity contribution in [1.82, 2.24) is 14.7 Å². The average molecular weight is 384 g/mol. The van der Waals surface area contributed by atoms with Gasteiger partial charge in [0.05, 0.1) is 18.5 Å². The molecule has 0 N–H and O–H groups in total. The van der Waals surface area contributed by atoms with E-state index in [1.807, 2.05) is 56.3 Å². The monoisotopic (exact) mass is 383 g/mol. The van der Waals surface area contributed by atoms with Crippen LogP contribution >= 0.6 is 11.6 Å². The lowest BCUT2D eigenvalue weighted by Gasteiger charge is -2.19. The molecule has 0 saturated carbocycles. The predicted molar refractivity (Wildman–Crippen MR) is 108 cm³/mol. The Morgan fingerprint density at radius 1 is 1.11 bits per heavy atom. The van der Waals surface area contributed by atoms with Crippen molar-refractivity contribution in [3.63, 3.8) is 0 Å². The zero-order valence-electron chi connectivity index (χ0n) is 15.6. The zero-order valence-corrected chi connectivity index (χ0v) is 16.4. The minimum absolute atomic E-state index is 0.0679. The maximum absolute atomic E-state index is 13.1. The molecule has 0 fully saturated rings. The minimum Gasteiger partial charge on any atom is -0.497 e. The Morgan fingerprint density at radius 3 is 2.52 bits per heavy atom. The number of carbonyl (C=O) groups is 1. The van der Waals surface area contributed by atoms with Crippen molar-refractivity contribution in [3.05, 3.63) is 65.3 Å². The molecule has 2 aromatic carbocycles. The van der Waals surface area contributed by atoms with E-state index in [0.29, 0.717) is 29.5 Å². The Hall–Kier alpha value is -2.79. The highest BCUT2D eigenvalue weighted by Gasteiger charge is 2.21. The summed E-state index contributed by atoms with van der Waals surface area (Å²) in [6, 6.07) is 16.7. The number of aromatic nitrogens is 2. The SMILES string of the molecule is CCN(CC)C(=O)c1cc(-c2cccc(OC)c2)nn1-c1cccc(Cl)c1. The number of methoxy groups -OCH3 is 1. The predicted octanol–water partition coefficient (Wildman–Crippen LogP) is 4.68. The van der Waals surface area contributed by atoms with Gasteiger partial charge in [0.15, 0.2) is 0 Å².